The van der Waals surface area contributed by atoms with Crippen LogP contribution in [0.1, 0.15) is 11.4 Å². The molecular formula is C18H19FN6OS. The Balaban J connectivity index is 1.54. The number of alkyl halides is 1. The first-order valence-electron chi connectivity index (χ1n) is 8.65. The molecule has 3 heterocycles. The maximum atomic E-state index is 13.8. The van der Waals surface area contributed by atoms with Gasteiger partial charge in [0.2, 0.25) is 0 Å². The number of rotatable bonds is 2. The molecule has 1 fully saturated rings. The normalized spacial score (nSPS) is 20.0. The molecule has 4 rings (SSSR count). The summed E-state index contributed by atoms with van der Waals surface area (Å²) in [4.78, 5) is 18.1. The Kier molecular flexibility index (Phi) is 4.71. The van der Waals surface area contributed by atoms with Crippen molar-refractivity contribution in [3.05, 3.63) is 35.5 Å². The van der Waals surface area contributed by atoms with Gasteiger partial charge in [0.05, 0.1) is 6.54 Å². The first-order valence-corrected chi connectivity index (χ1v) is 9.47. The maximum absolute atomic E-state index is 13.8. The van der Waals surface area contributed by atoms with E-state index in [2.05, 4.69) is 20.5 Å². The second-order valence-corrected chi connectivity index (χ2v) is 7.78. The van der Waals surface area contributed by atoms with Crippen molar-refractivity contribution in [2.45, 2.75) is 25.6 Å². The summed E-state index contributed by atoms with van der Waals surface area (Å²) in [5.74, 6) is 0.420. The summed E-state index contributed by atoms with van der Waals surface area (Å²) in [5.41, 5.74) is 6.62. The molecule has 2 amide bonds. The van der Waals surface area contributed by atoms with Crippen LogP contribution in [0.25, 0.3) is 21.3 Å². The van der Waals surface area contributed by atoms with Gasteiger partial charge < -0.3 is 10.6 Å². The van der Waals surface area contributed by atoms with E-state index >= 15 is 0 Å². The number of likely N-dealkylation sites (tertiary alicyclic amines) is 1. The summed E-state index contributed by atoms with van der Waals surface area (Å²) in [6.45, 7) is 2.35. The van der Waals surface area contributed by atoms with Gasteiger partial charge in [-0.2, -0.15) is 0 Å². The lowest BCUT2D eigenvalue weighted by atomic mass is 10.0. The van der Waals surface area contributed by atoms with E-state index in [0.717, 1.165) is 26.4 Å². The zero-order chi connectivity index (χ0) is 19.0. The van der Waals surface area contributed by atoms with Crippen molar-refractivity contribution in [2.24, 2.45) is 5.73 Å². The standard InChI is InChI=1S/C18H19FN6OS/c1-10-23-24-17(27-10)11-2-3-12-8-21-16(7-13(12)6-11)22-18(26)25-5-4-15(20)14(19)9-25/h2-3,6-8,14-15H,4-5,9,20H2,1H3,(H,21,22,26)/t14-,15-/m1/s1. The van der Waals surface area contributed by atoms with Gasteiger partial charge in [-0.1, -0.05) is 23.5 Å². The fourth-order valence-corrected chi connectivity index (χ4v) is 3.74. The number of aryl methyl sites for hydroxylation is 1. The summed E-state index contributed by atoms with van der Waals surface area (Å²) in [5, 5.41) is 14.6. The number of anilines is 1. The summed E-state index contributed by atoms with van der Waals surface area (Å²) in [6.07, 6.45) is 0.945. The van der Waals surface area contributed by atoms with E-state index in [-0.39, 0.29) is 12.6 Å². The van der Waals surface area contributed by atoms with Gasteiger partial charge in [0.25, 0.3) is 0 Å². The highest BCUT2D eigenvalue weighted by atomic mass is 32.1. The molecule has 1 aliphatic heterocycles. The summed E-state index contributed by atoms with van der Waals surface area (Å²) < 4.78 is 13.8. The molecule has 1 saturated heterocycles. The molecule has 1 aromatic carbocycles. The minimum Gasteiger partial charge on any atom is -0.325 e. The zero-order valence-electron chi connectivity index (χ0n) is 14.7. The van der Waals surface area contributed by atoms with Gasteiger partial charge in [0.1, 0.15) is 22.0 Å². The van der Waals surface area contributed by atoms with Crippen LogP contribution in [0, 0.1) is 6.92 Å². The summed E-state index contributed by atoms with van der Waals surface area (Å²) >= 11 is 1.52. The smallest absolute Gasteiger partial charge is 0.323 e. The third-order valence-corrected chi connectivity index (χ3v) is 5.50. The Hall–Kier alpha value is -2.65. The van der Waals surface area contributed by atoms with Gasteiger partial charge in [-0.3, -0.25) is 5.32 Å². The van der Waals surface area contributed by atoms with Crippen LogP contribution in [0.5, 0.6) is 0 Å². The number of aromatic nitrogens is 3. The molecule has 0 radical (unpaired) electrons. The van der Waals surface area contributed by atoms with E-state index in [0.29, 0.717) is 18.8 Å². The molecule has 2 atom stereocenters. The van der Waals surface area contributed by atoms with Crippen molar-refractivity contribution >= 4 is 34.0 Å². The van der Waals surface area contributed by atoms with Crippen molar-refractivity contribution in [1.29, 1.82) is 0 Å². The third kappa shape index (κ3) is 3.74. The van der Waals surface area contributed by atoms with Gasteiger partial charge in [0.15, 0.2) is 0 Å². The number of benzene rings is 1. The van der Waals surface area contributed by atoms with Crippen LogP contribution in [0.15, 0.2) is 30.5 Å². The number of fused-ring (bicyclic) bond motifs is 1. The average molecular weight is 386 g/mol. The van der Waals surface area contributed by atoms with E-state index in [1.807, 2.05) is 25.1 Å². The minimum absolute atomic E-state index is 0.00112. The molecular weight excluding hydrogens is 367 g/mol. The molecule has 140 valence electrons. The molecule has 7 nitrogen and oxygen atoms in total. The number of nitrogens with zero attached hydrogens (tertiary/aromatic N) is 4. The predicted octanol–water partition coefficient (Wildman–Crippen LogP) is 2.96. The van der Waals surface area contributed by atoms with Gasteiger partial charge >= 0.3 is 6.03 Å². The van der Waals surface area contributed by atoms with Crippen molar-refractivity contribution < 1.29 is 9.18 Å². The highest BCUT2D eigenvalue weighted by molar-refractivity contribution is 7.14. The van der Waals surface area contributed by atoms with Crippen LogP contribution in [0.3, 0.4) is 0 Å². The van der Waals surface area contributed by atoms with E-state index in [4.69, 9.17) is 5.73 Å². The Bertz CT molecular complexity index is 993. The Morgan fingerprint density at radius 1 is 1.33 bits per heavy atom. The minimum atomic E-state index is -1.20. The molecule has 1 aliphatic rings. The monoisotopic (exact) mass is 386 g/mol. The number of carbonyl (C=O) groups excluding carboxylic acids is 1. The second-order valence-electron chi connectivity index (χ2n) is 6.60. The Labute approximate surface area is 159 Å². The molecule has 0 saturated carbocycles. The number of nitrogens with two attached hydrogens (primary N) is 1. The number of carbonyl (C=O) groups is 1. The van der Waals surface area contributed by atoms with Gasteiger partial charge in [-0.15, -0.1) is 10.2 Å². The topological polar surface area (TPSA) is 97.0 Å². The number of amides is 2. The molecule has 0 spiro atoms. The van der Waals surface area contributed by atoms with Crippen molar-refractivity contribution in [3.8, 4) is 10.6 Å². The van der Waals surface area contributed by atoms with Crippen LogP contribution in [-0.2, 0) is 0 Å². The Morgan fingerprint density at radius 2 is 2.19 bits per heavy atom. The van der Waals surface area contributed by atoms with E-state index in [9.17, 15) is 9.18 Å². The summed E-state index contributed by atoms with van der Waals surface area (Å²) in [6, 6.07) is 6.85. The fourth-order valence-electron chi connectivity index (χ4n) is 3.05. The van der Waals surface area contributed by atoms with E-state index in [1.54, 1.807) is 12.3 Å². The van der Waals surface area contributed by atoms with Crippen LogP contribution in [0.4, 0.5) is 15.0 Å². The molecule has 3 aromatic rings. The number of hydrogen-bond acceptors (Lipinski definition) is 6. The number of pyridine rings is 1. The number of halogens is 1. The highest BCUT2D eigenvalue weighted by Gasteiger charge is 2.29. The fraction of sp³-hybridized carbons (Fsp3) is 0.333. The van der Waals surface area contributed by atoms with Gasteiger partial charge in [-0.25, -0.2) is 14.2 Å². The van der Waals surface area contributed by atoms with Gasteiger partial charge in [-0.05, 0) is 30.9 Å². The number of nitrogens with one attached hydrogen (secondary N) is 1. The molecule has 0 bridgehead atoms. The van der Waals surface area contributed by atoms with Crippen molar-refractivity contribution in [1.82, 2.24) is 20.1 Å². The van der Waals surface area contributed by atoms with Crippen LogP contribution in [0.2, 0.25) is 0 Å². The molecule has 0 unspecified atom stereocenters. The quantitative estimate of drug-likeness (QED) is 0.706. The second kappa shape index (κ2) is 7.16. The SMILES string of the molecule is Cc1nnc(-c2ccc3cnc(NC(=O)N4CC[C@@H](N)[C@H](F)C4)cc3c2)s1. The summed E-state index contributed by atoms with van der Waals surface area (Å²) in [7, 11) is 0. The molecule has 2 aromatic heterocycles. The first kappa shape index (κ1) is 17.7. The van der Waals surface area contributed by atoms with E-state index < -0.39 is 12.2 Å². The third-order valence-electron chi connectivity index (χ3n) is 4.61. The first-order chi connectivity index (χ1) is 13.0. The lowest BCUT2D eigenvalue weighted by Gasteiger charge is -2.32. The lowest BCUT2D eigenvalue weighted by Crippen LogP contribution is -2.51. The number of piperidine rings is 1. The van der Waals surface area contributed by atoms with Gasteiger partial charge in [0, 0.05) is 29.7 Å². The average Bonchev–Trinajstić information content (AvgIpc) is 3.09. The molecule has 9 heteroatoms. The number of urea groups is 1. The maximum Gasteiger partial charge on any atom is 0.323 e. The van der Waals surface area contributed by atoms with Crippen LogP contribution < -0.4 is 11.1 Å². The van der Waals surface area contributed by atoms with E-state index in [1.165, 1.54) is 16.2 Å². The van der Waals surface area contributed by atoms with Crippen LogP contribution >= 0.6 is 11.3 Å². The van der Waals surface area contributed by atoms with Crippen LogP contribution in [-0.4, -0.2) is 51.4 Å². The number of hydrogen-bond donors (Lipinski definition) is 2. The molecule has 3 N–H and O–H groups in total. The lowest BCUT2D eigenvalue weighted by molar-refractivity contribution is 0.137. The highest BCUT2D eigenvalue weighted by Crippen LogP contribution is 2.27. The largest absolute Gasteiger partial charge is 0.325 e. The zero-order valence-corrected chi connectivity index (χ0v) is 15.5. The molecule has 27 heavy (non-hydrogen) atoms. The predicted molar refractivity (Wildman–Crippen MR) is 103 cm³/mol. The van der Waals surface area contributed by atoms with Crippen molar-refractivity contribution in [2.75, 3.05) is 18.4 Å². The molecule has 0 aliphatic carbocycles. The van der Waals surface area contributed by atoms with Crippen molar-refractivity contribution in [3.63, 3.8) is 0 Å². The Morgan fingerprint density at radius 3 is 2.93 bits per heavy atom.